The number of anilines is 1. The number of carbonyl (C=O) groups is 1. The van der Waals surface area contributed by atoms with Crippen LogP contribution >= 0.6 is 0 Å². The Kier molecular flexibility index (Phi) is 5.67. The molecule has 2 fully saturated rings. The number of rotatable bonds is 5. The van der Waals surface area contributed by atoms with E-state index >= 15 is 0 Å². The predicted octanol–water partition coefficient (Wildman–Crippen LogP) is 1.99. The van der Waals surface area contributed by atoms with Crippen molar-refractivity contribution in [2.75, 3.05) is 45.2 Å². The van der Waals surface area contributed by atoms with Crippen molar-refractivity contribution in [2.45, 2.75) is 31.8 Å². The summed E-state index contributed by atoms with van der Waals surface area (Å²) in [7, 11) is 3.53. The van der Waals surface area contributed by atoms with E-state index in [-0.39, 0.29) is 17.5 Å². The number of hydrogen-bond donors (Lipinski definition) is 0. The molecule has 0 unspecified atom stereocenters. The van der Waals surface area contributed by atoms with Crippen molar-refractivity contribution in [2.24, 2.45) is 0 Å². The number of carbonyl (C=O) groups excluding carboxylic acids is 1. The fraction of sp³-hybridized carbons (Fsp3) is 0.500. The van der Waals surface area contributed by atoms with Crippen molar-refractivity contribution in [3.8, 4) is 0 Å². The minimum Gasteiger partial charge on any atom is -0.370 e. The molecule has 2 aliphatic heterocycles. The Morgan fingerprint density at radius 3 is 2.69 bits per heavy atom. The molecule has 1 amide bonds. The Hall–Kier alpha value is -2.67. The topological polar surface area (TPSA) is 61.7 Å². The Morgan fingerprint density at radius 1 is 1.17 bits per heavy atom. The van der Waals surface area contributed by atoms with Gasteiger partial charge in [-0.25, -0.2) is 4.68 Å². The third-order valence-corrected chi connectivity index (χ3v) is 5.85. The second kappa shape index (κ2) is 8.37. The van der Waals surface area contributed by atoms with E-state index in [9.17, 15) is 9.59 Å². The van der Waals surface area contributed by atoms with Gasteiger partial charge in [0.25, 0.3) is 11.5 Å². The summed E-state index contributed by atoms with van der Waals surface area (Å²) in [6, 6.07) is 9.64. The van der Waals surface area contributed by atoms with Gasteiger partial charge in [0, 0.05) is 51.9 Å². The van der Waals surface area contributed by atoms with Gasteiger partial charge in [0.2, 0.25) is 0 Å². The lowest BCUT2D eigenvalue weighted by atomic mass is 10.0. The van der Waals surface area contributed by atoms with Crippen LogP contribution < -0.4 is 10.5 Å². The highest BCUT2D eigenvalue weighted by Gasteiger charge is 2.24. The summed E-state index contributed by atoms with van der Waals surface area (Å²) in [6.45, 7) is 4.58. The zero-order valence-electron chi connectivity index (χ0n) is 17.3. The number of piperidine rings is 1. The van der Waals surface area contributed by atoms with E-state index in [1.165, 1.54) is 6.42 Å². The molecule has 0 radical (unpaired) electrons. The molecular formula is C22H29N5O2. The SMILES string of the molecule is CN(C)C(=O)c1cccc(CN2CCC[C@@H](n3ncc(N4CCC4)cc3=O)C2)c1. The fourth-order valence-corrected chi connectivity index (χ4v) is 4.12. The van der Waals surface area contributed by atoms with Gasteiger partial charge >= 0.3 is 0 Å². The highest BCUT2D eigenvalue weighted by atomic mass is 16.2. The van der Waals surface area contributed by atoms with Gasteiger partial charge in [-0.2, -0.15) is 5.10 Å². The average Bonchev–Trinajstić information content (AvgIpc) is 2.66. The van der Waals surface area contributed by atoms with Crippen LogP contribution in [-0.2, 0) is 6.54 Å². The molecule has 7 heteroatoms. The summed E-state index contributed by atoms with van der Waals surface area (Å²) in [5.74, 6) is 0.0152. The summed E-state index contributed by atoms with van der Waals surface area (Å²) in [5, 5.41) is 4.49. The first-order valence-corrected chi connectivity index (χ1v) is 10.4. The number of amides is 1. The molecule has 3 heterocycles. The van der Waals surface area contributed by atoms with Gasteiger partial charge in [0.1, 0.15) is 0 Å². The molecule has 0 saturated carbocycles. The molecule has 4 rings (SSSR count). The first-order valence-electron chi connectivity index (χ1n) is 10.4. The summed E-state index contributed by atoms with van der Waals surface area (Å²) in [4.78, 5) is 31.0. The van der Waals surface area contributed by atoms with E-state index in [2.05, 4.69) is 21.0 Å². The summed E-state index contributed by atoms with van der Waals surface area (Å²) < 4.78 is 1.65. The zero-order chi connectivity index (χ0) is 20.4. The third kappa shape index (κ3) is 4.34. The predicted molar refractivity (Wildman–Crippen MR) is 113 cm³/mol. The van der Waals surface area contributed by atoms with Crippen LogP contribution in [0.3, 0.4) is 0 Å². The maximum absolute atomic E-state index is 12.6. The minimum atomic E-state index is -0.0140. The number of hydrogen-bond acceptors (Lipinski definition) is 5. The van der Waals surface area contributed by atoms with Crippen LogP contribution in [-0.4, -0.2) is 65.8 Å². The van der Waals surface area contributed by atoms with Crippen molar-refractivity contribution < 1.29 is 4.79 Å². The van der Waals surface area contributed by atoms with Crippen LogP contribution in [0, 0.1) is 0 Å². The Morgan fingerprint density at radius 2 is 2.00 bits per heavy atom. The van der Waals surface area contributed by atoms with E-state index < -0.39 is 0 Å². The quantitative estimate of drug-likeness (QED) is 0.775. The molecular weight excluding hydrogens is 366 g/mol. The summed E-state index contributed by atoms with van der Waals surface area (Å²) >= 11 is 0. The lowest BCUT2D eigenvalue weighted by Crippen LogP contribution is -2.41. The first kappa shape index (κ1) is 19.6. The molecule has 154 valence electrons. The van der Waals surface area contributed by atoms with Gasteiger partial charge in [-0.15, -0.1) is 0 Å². The van der Waals surface area contributed by atoms with Gasteiger partial charge in [0.15, 0.2) is 0 Å². The largest absolute Gasteiger partial charge is 0.370 e. The molecule has 2 saturated heterocycles. The van der Waals surface area contributed by atoms with Crippen molar-refractivity contribution >= 4 is 11.6 Å². The van der Waals surface area contributed by atoms with Crippen molar-refractivity contribution in [1.82, 2.24) is 19.6 Å². The van der Waals surface area contributed by atoms with Crippen LogP contribution in [0.4, 0.5) is 5.69 Å². The molecule has 29 heavy (non-hydrogen) atoms. The Balaban J connectivity index is 1.44. The Bertz CT molecular complexity index is 935. The molecule has 1 aromatic carbocycles. The second-order valence-corrected chi connectivity index (χ2v) is 8.27. The third-order valence-electron chi connectivity index (χ3n) is 5.85. The van der Waals surface area contributed by atoms with Crippen molar-refractivity contribution in [1.29, 1.82) is 0 Å². The van der Waals surface area contributed by atoms with Crippen LogP contribution in [0.25, 0.3) is 0 Å². The molecule has 1 atom stereocenters. The van der Waals surface area contributed by atoms with E-state index in [1.807, 2.05) is 24.4 Å². The van der Waals surface area contributed by atoms with Crippen molar-refractivity contribution in [3.05, 3.63) is 58.0 Å². The molecule has 2 aromatic rings. The monoisotopic (exact) mass is 395 g/mol. The van der Waals surface area contributed by atoms with Gasteiger partial charge in [-0.05, 0) is 43.5 Å². The number of nitrogens with zero attached hydrogens (tertiary/aromatic N) is 5. The highest BCUT2D eigenvalue weighted by Crippen LogP contribution is 2.23. The Labute approximate surface area is 171 Å². The van der Waals surface area contributed by atoms with Gasteiger partial charge in [0.05, 0.1) is 17.9 Å². The highest BCUT2D eigenvalue weighted by molar-refractivity contribution is 5.94. The van der Waals surface area contributed by atoms with E-state index in [4.69, 9.17) is 0 Å². The molecule has 0 N–H and O–H groups in total. The second-order valence-electron chi connectivity index (χ2n) is 8.27. The molecule has 1 aromatic heterocycles. The minimum absolute atomic E-state index is 0.0140. The molecule has 0 bridgehead atoms. The van der Waals surface area contributed by atoms with Gasteiger partial charge in [-0.1, -0.05) is 12.1 Å². The van der Waals surface area contributed by atoms with Gasteiger partial charge in [-0.3, -0.25) is 14.5 Å². The maximum atomic E-state index is 12.6. The maximum Gasteiger partial charge on any atom is 0.269 e. The zero-order valence-corrected chi connectivity index (χ0v) is 17.3. The number of aromatic nitrogens is 2. The lowest BCUT2D eigenvalue weighted by molar-refractivity contribution is 0.0827. The van der Waals surface area contributed by atoms with E-state index in [1.54, 1.807) is 29.7 Å². The van der Waals surface area contributed by atoms with E-state index in [0.717, 1.165) is 56.8 Å². The van der Waals surface area contributed by atoms with Crippen molar-refractivity contribution in [3.63, 3.8) is 0 Å². The van der Waals surface area contributed by atoms with Crippen LogP contribution in [0.15, 0.2) is 41.3 Å². The first-order chi connectivity index (χ1) is 14.0. The lowest BCUT2D eigenvalue weighted by Gasteiger charge is -2.34. The average molecular weight is 396 g/mol. The molecule has 2 aliphatic rings. The molecule has 0 aliphatic carbocycles. The fourth-order valence-electron chi connectivity index (χ4n) is 4.12. The van der Waals surface area contributed by atoms with Crippen LogP contribution in [0.5, 0.6) is 0 Å². The normalized spacial score (nSPS) is 19.7. The molecule has 7 nitrogen and oxygen atoms in total. The summed E-state index contributed by atoms with van der Waals surface area (Å²) in [6.07, 6.45) is 5.01. The molecule has 0 spiro atoms. The summed E-state index contributed by atoms with van der Waals surface area (Å²) in [5.41, 5.74) is 2.75. The number of likely N-dealkylation sites (tertiary alicyclic amines) is 1. The van der Waals surface area contributed by atoms with E-state index in [0.29, 0.717) is 5.56 Å². The van der Waals surface area contributed by atoms with Gasteiger partial charge < -0.3 is 9.80 Å². The van der Waals surface area contributed by atoms with Crippen LogP contribution in [0.1, 0.15) is 41.2 Å². The van der Waals surface area contributed by atoms with Crippen LogP contribution in [0.2, 0.25) is 0 Å². The standard InChI is InChI=1S/C22H29N5O2/c1-24(2)22(29)18-7-3-6-17(12-18)15-25-9-4-8-19(16-25)27-21(28)13-20(14-23-27)26-10-5-11-26/h3,6-7,12-14,19H,4-5,8-11,15-16H2,1-2H3/t19-/m1/s1. The number of benzene rings is 1. The smallest absolute Gasteiger partial charge is 0.269 e.